The van der Waals surface area contributed by atoms with Crippen LogP contribution in [0.5, 0.6) is 5.75 Å². The van der Waals surface area contributed by atoms with Crippen LogP contribution in [0.25, 0.3) is 0 Å². The molecule has 0 amide bonds. The highest BCUT2D eigenvalue weighted by Gasteiger charge is 2.19. The molecule has 0 aromatic heterocycles. The van der Waals surface area contributed by atoms with Crippen LogP contribution in [-0.4, -0.2) is 17.8 Å². The first-order chi connectivity index (χ1) is 9.06. The van der Waals surface area contributed by atoms with Crippen molar-refractivity contribution in [1.82, 2.24) is 0 Å². The Morgan fingerprint density at radius 1 is 1.11 bits per heavy atom. The Morgan fingerprint density at radius 3 is 2.42 bits per heavy atom. The molecular formula is C14H17Cl3O2. The zero-order chi connectivity index (χ0) is 13.8. The average molecular weight is 324 g/mol. The summed E-state index contributed by atoms with van der Waals surface area (Å²) >= 11 is 17.8. The first-order valence-corrected chi connectivity index (χ1v) is 7.65. The number of aliphatic hydroxyl groups is 1. The van der Waals surface area contributed by atoms with Crippen LogP contribution in [0.15, 0.2) is 12.1 Å². The second-order valence-corrected chi connectivity index (χ2v) is 6.27. The summed E-state index contributed by atoms with van der Waals surface area (Å²) in [5, 5.41) is 11.2. The third-order valence-corrected chi connectivity index (χ3v) is 4.50. The average Bonchev–Trinajstić information content (AvgIpc) is 2.85. The van der Waals surface area contributed by atoms with Crippen molar-refractivity contribution in [3.63, 3.8) is 0 Å². The van der Waals surface area contributed by atoms with Gasteiger partial charge in [0.25, 0.3) is 0 Å². The van der Waals surface area contributed by atoms with E-state index in [1.165, 1.54) is 25.7 Å². The van der Waals surface area contributed by atoms with E-state index in [2.05, 4.69) is 0 Å². The molecule has 0 saturated heterocycles. The third kappa shape index (κ3) is 4.42. The lowest BCUT2D eigenvalue weighted by molar-refractivity contribution is 0.0856. The lowest BCUT2D eigenvalue weighted by Crippen LogP contribution is -2.20. The molecule has 1 fully saturated rings. The van der Waals surface area contributed by atoms with E-state index in [0.29, 0.717) is 26.7 Å². The molecule has 0 radical (unpaired) electrons. The van der Waals surface area contributed by atoms with Gasteiger partial charge in [0.15, 0.2) is 0 Å². The number of rotatable bonds is 5. The number of hydrogen-bond donors (Lipinski definition) is 1. The minimum absolute atomic E-state index is 0.230. The molecule has 1 aliphatic rings. The van der Waals surface area contributed by atoms with Crippen LogP contribution in [-0.2, 0) is 0 Å². The van der Waals surface area contributed by atoms with Gasteiger partial charge >= 0.3 is 0 Å². The van der Waals surface area contributed by atoms with E-state index in [9.17, 15) is 5.11 Å². The van der Waals surface area contributed by atoms with Crippen molar-refractivity contribution in [3.8, 4) is 5.75 Å². The van der Waals surface area contributed by atoms with Gasteiger partial charge in [-0.25, -0.2) is 0 Å². The molecular weight excluding hydrogens is 307 g/mol. The fourth-order valence-electron chi connectivity index (χ4n) is 2.50. The number of hydrogen-bond acceptors (Lipinski definition) is 2. The van der Waals surface area contributed by atoms with E-state index in [1.807, 2.05) is 0 Å². The van der Waals surface area contributed by atoms with Gasteiger partial charge in [-0.05, 0) is 18.4 Å². The molecule has 1 atom stereocenters. The first-order valence-electron chi connectivity index (χ1n) is 6.51. The number of aliphatic hydroxyl groups excluding tert-OH is 1. The van der Waals surface area contributed by atoms with Crippen molar-refractivity contribution < 1.29 is 9.84 Å². The van der Waals surface area contributed by atoms with Crippen molar-refractivity contribution in [2.45, 2.75) is 38.2 Å². The zero-order valence-corrected chi connectivity index (χ0v) is 12.8. The number of benzene rings is 1. The maximum Gasteiger partial charge on any atom is 0.139 e. The minimum Gasteiger partial charge on any atom is -0.489 e. The van der Waals surface area contributed by atoms with E-state index >= 15 is 0 Å². The summed E-state index contributed by atoms with van der Waals surface area (Å²) in [4.78, 5) is 0. The highest BCUT2D eigenvalue weighted by molar-refractivity contribution is 6.43. The summed E-state index contributed by atoms with van der Waals surface area (Å²) in [6.45, 7) is 0.230. The van der Waals surface area contributed by atoms with Crippen LogP contribution in [0.1, 0.15) is 32.1 Å². The minimum atomic E-state index is -0.464. The Hall–Kier alpha value is -0.150. The Bertz CT molecular complexity index is 431. The molecule has 1 aromatic carbocycles. The zero-order valence-electron chi connectivity index (χ0n) is 10.5. The van der Waals surface area contributed by atoms with Crippen molar-refractivity contribution in [2.24, 2.45) is 5.92 Å². The maximum absolute atomic E-state index is 9.96. The lowest BCUT2D eigenvalue weighted by atomic mass is 10.0. The van der Waals surface area contributed by atoms with E-state index in [1.54, 1.807) is 12.1 Å². The highest BCUT2D eigenvalue weighted by atomic mass is 35.5. The fourth-order valence-corrected chi connectivity index (χ4v) is 3.09. The Kier molecular flexibility index (Phi) is 5.64. The van der Waals surface area contributed by atoms with Crippen LogP contribution in [0.4, 0.5) is 0 Å². The predicted octanol–water partition coefficient (Wildman–Crippen LogP) is 4.97. The van der Waals surface area contributed by atoms with Crippen molar-refractivity contribution in [3.05, 3.63) is 27.2 Å². The summed E-state index contributed by atoms with van der Waals surface area (Å²) in [5.41, 5.74) is 0. The SMILES string of the molecule is OC(COc1cc(Cl)c(Cl)cc1Cl)CC1CCCC1. The van der Waals surface area contributed by atoms with Crippen molar-refractivity contribution in [2.75, 3.05) is 6.61 Å². The molecule has 5 heteroatoms. The van der Waals surface area contributed by atoms with Crippen LogP contribution in [0.2, 0.25) is 15.1 Å². The second-order valence-electron chi connectivity index (χ2n) is 5.05. The van der Waals surface area contributed by atoms with Crippen LogP contribution < -0.4 is 4.74 Å². The van der Waals surface area contributed by atoms with Gasteiger partial charge in [0, 0.05) is 6.07 Å². The predicted molar refractivity (Wildman–Crippen MR) is 79.5 cm³/mol. The van der Waals surface area contributed by atoms with Crippen molar-refractivity contribution >= 4 is 34.8 Å². The molecule has 0 heterocycles. The Balaban J connectivity index is 1.85. The van der Waals surface area contributed by atoms with Gasteiger partial charge in [-0.1, -0.05) is 60.5 Å². The third-order valence-electron chi connectivity index (χ3n) is 3.49. The highest BCUT2D eigenvalue weighted by Crippen LogP contribution is 2.34. The van der Waals surface area contributed by atoms with Crippen LogP contribution in [0.3, 0.4) is 0 Å². The topological polar surface area (TPSA) is 29.5 Å². The molecule has 1 aliphatic carbocycles. The van der Waals surface area contributed by atoms with Crippen molar-refractivity contribution in [1.29, 1.82) is 0 Å². The molecule has 1 aromatic rings. The molecule has 1 saturated carbocycles. The smallest absolute Gasteiger partial charge is 0.139 e. The van der Waals surface area contributed by atoms with Gasteiger partial charge in [0.1, 0.15) is 12.4 Å². The quantitative estimate of drug-likeness (QED) is 0.775. The van der Waals surface area contributed by atoms with Gasteiger partial charge in [0.05, 0.1) is 21.2 Å². The normalized spacial score (nSPS) is 17.7. The molecule has 106 valence electrons. The Labute approximate surface area is 128 Å². The lowest BCUT2D eigenvalue weighted by Gasteiger charge is -2.16. The molecule has 0 aliphatic heterocycles. The van der Waals surface area contributed by atoms with Gasteiger partial charge < -0.3 is 9.84 Å². The maximum atomic E-state index is 9.96. The summed E-state index contributed by atoms with van der Waals surface area (Å²) in [7, 11) is 0. The fraction of sp³-hybridized carbons (Fsp3) is 0.571. The largest absolute Gasteiger partial charge is 0.489 e. The van der Waals surface area contributed by atoms with Gasteiger partial charge in [-0.15, -0.1) is 0 Å². The molecule has 1 N–H and O–H groups in total. The summed E-state index contributed by atoms with van der Waals surface area (Å²) in [5.74, 6) is 1.09. The summed E-state index contributed by atoms with van der Waals surface area (Å²) in [6.07, 6.45) is 5.30. The molecule has 0 spiro atoms. The molecule has 2 rings (SSSR count). The monoisotopic (exact) mass is 322 g/mol. The molecule has 19 heavy (non-hydrogen) atoms. The van der Waals surface area contributed by atoms with Gasteiger partial charge in [-0.3, -0.25) is 0 Å². The number of halogens is 3. The van der Waals surface area contributed by atoms with Crippen LogP contribution in [0, 0.1) is 5.92 Å². The number of ether oxygens (including phenoxy) is 1. The molecule has 1 unspecified atom stereocenters. The van der Waals surface area contributed by atoms with E-state index in [4.69, 9.17) is 39.5 Å². The molecule has 2 nitrogen and oxygen atoms in total. The van der Waals surface area contributed by atoms with E-state index in [0.717, 1.165) is 6.42 Å². The standard InChI is InChI=1S/C14H17Cl3O2/c15-11-6-13(17)14(7-12(11)16)19-8-10(18)5-9-3-1-2-4-9/h6-7,9-10,18H,1-5,8H2. The summed E-state index contributed by atoms with van der Waals surface area (Å²) in [6, 6.07) is 3.12. The van der Waals surface area contributed by atoms with E-state index in [-0.39, 0.29) is 6.61 Å². The van der Waals surface area contributed by atoms with Gasteiger partial charge in [0.2, 0.25) is 0 Å². The second kappa shape index (κ2) is 7.03. The summed E-state index contributed by atoms with van der Waals surface area (Å²) < 4.78 is 5.52. The first kappa shape index (κ1) is 15.2. The Morgan fingerprint density at radius 2 is 1.74 bits per heavy atom. The molecule has 0 bridgehead atoms. The van der Waals surface area contributed by atoms with E-state index < -0.39 is 6.10 Å². The van der Waals surface area contributed by atoms with Gasteiger partial charge in [-0.2, -0.15) is 0 Å². The van der Waals surface area contributed by atoms with Crippen LogP contribution >= 0.6 is 34.8 Å².